The van der Waals surface area contributed by atoms with Gasteiger partial charge in [0.1, 0.15) is 5.65 Å². The van der Waals surface area contributed by atoms with Gasteiger partial charge < -0.3 is 0 Å². The first-order valence-electron chi connectivity index (χ1n) is 7.08. The van der Waals surface area contributed by atoms with E-state index in [0.717, 1.165) is 10.7 Å². The van der Waals surface area contributed by atoms with Crippen molar-refractivity contribution in [3.8, 4) is 0 Å². The normalized spacial score (nSPS) is 12.5. The van der Waals surface area contributed by atoms with Gasteiger partial charge >= 0.3 is 0 Å². The maximum Gasteiger partial charge on any atom is 0.258 e. The van der Waals surface area contributed by atoms with E-state index in [1.807, 2.05) is 24.3 Å². The number of rotatable bonds is 4. The number of thioether (sulfide) groups is 1. The number of benzene rings is 1. The Kier molecular flexibility index (Phi) is 4.95. The molecule has 3 nitrogen and oxygen atoms in total. The van der Waals surface area contributed by atoms with E-state index in [2.05, 4.69) is 11.9 Å². The van der Waals surface area contributed by atoms with Crippen LogP contribution < -0.4 is 5.56 Å². The fraction of sp³-hybridized carbons (Fsp3) is 0.176. The van der Waals surface area contributed by atoms with Crippen LogP contribution in [-0.2, 0) is 5.75 Å². The fourth-order valence-corrected chi connectivity index (χ4v) is 3.45. The molecular weight excluding hydrogens is 351 g/mol. The number of nitrogens with zero attached hydrogens (tertiary/aromatic N) is 2. The highest BCUT2D eigenvalue weighted by molar-refractivity contribution is 7.98. The first kappa shape index (κ1) is 16.4. The highest BCUT2D eigenvalue weighted by atomic mass is 35.5. The summed E-state index contributed by atoms with van der Waals surface area (Å²) in [5, 5.41) is 1.53. The number of pyridine rings is 1. The van der Waals surface area contributed by atoms with Crippen LogP contribution in [0.5, 0.6) is 0 Å². The Labute approximate surface area is 148 Å². The number of hydrogen-bond donors (Lipinski definition) is 0. The number of fused-ring (bicyclic) bond motifs is 1. The van der Waals surface area contributed by atoms with Gasteiger partial charge in [-0.2, -0.15) is 0 Å². The van der Waals surface area contributed by atoms with Crippen molar-refractivity contribution in [1.29, 1.82) is 0 Å². The van der Waals surface area contributed by atoms with Crippen molar-refractivity contribution in [3.63, 3.8) is 0 Å². The van der Waals surface area contributed by atoms with Crippen LogP contribution in [0, 0.1) is 0 Å². The van der Waals surface area contributed by atoms with Crippen molar-refractivity contribution in [2.24, 2.45) is 0 Å². The predicted octanol–water partition coefficient (Wildman–Crippen LogP) is 5.00. The molecule has 0 aliphatic heterocycles. The van der Waals surface area contributed by atoms with Gasteiger partial charge in [0.25, 0.3) is 5.56 Å². The average Bonchev–Trinajstić information content (AvgIpc) is 2.54. The third-order valence-electron chi connectivity index (χ3n) is 3.50. The van der Waals surface area contributed by atoms with Crippen LogP contribution in [0.25, 0.3) is 5.65 Å². The SMILES string of the molecule is CC(SCc1cc(=O)n2cc(Cl)ccc2n1)c1ccc(Cl)cc1. The molecule has 2 heterocycles. The minimum Gasteiger partial charge on any atom is -0.269 e. The van der Waals surface area contributed by atoms with E-state index in [9.17, 15) is 4.79 Å². The summed E-state index contributed by atoms with van der Waals surface area (Å²) < 4.78 is 1.46. The molecule has 2 aromatic heterocycles. The van der Waals surface area contributed by atoms with E-state index in [0.29, 0.717) is 16.4 Å². The van der Waals surface area contributed by atoms with E-state index in [1.165, 1.54) is 9.96 Å². The lowest BCUT2D eigenvalue weighted by Gasteiger charge is -2.12. The minimum absolute atomic E-state index is 0.118. The largest absolute Gasteiger partial charge is 0.269 e. The summed E-state index contributed by atoms with van der Waals surface area (Å²) in [6, 6.07) is 12.9. The van der Waals surface area contributed by atoms with Gasteiger partial charge in [0.05, 0.1) is 10.7 Å². The standard InChI is InChI=1S/C17H14Cl2N2OS/c1-11(12-2-4-13(18)5-3-12)23-10-15-8-17(22)21-9-14(19)6-7-16(21)20-15/h2-9,11H,10H2,1H3. The zero-order valence-electron chi connectivity index (χ0n) is 12.4. The van der Waals surface area contributed by atoms with Crippen LogP contribution in [0.1, 0.15) is 23.4 Å². The Hall–Kier alpha value is -1.49. The molecule has 0 aliphatic carbocycles. The van der Waals surface area contributed by atoms with E-state index >= 15 is 0 Å². The molecular formula is C17H14Cl2N2OS. The van der Waals surface area contributed by atoms with Gasteiger partial charge in [-0.15, -0.1) is 11.8 Å². The molecule has 0 aliphatic rings. The number of aromatic nitrogens is 2. The van der Waals surface area contributed by atoms with E-state index in [1.54, 1.807) is 36.2 Å². The Morgan fingerprint density at radius 3 is 2.57 bits per heavy atom. The van der Waals surface area contributed by atoms with Gasteiger partial charge in [-0.3, -0.25) is 9.20 Å². The second-order valence-corrected chi connectivity index (χ2v) is 7.37. The minimum atomic E-state index is -0.118. The summed E-state index contributed by atoms with van der Waals surface area (Å²) in [6.45, 7) is 2.13. The summed E-state index contributed by atoms with van der Waals surface area (Å²) in [5.74, 6) is 0.665. The van der Waals surface area contributed by atoms with Gasteiger partial charge in [-0.1, -0.05) is 35.3 Å². The third kappa shape index (κ3) is 3.89. The zero-order valence-corrected chi connectivity index (χ0v) is 14.7. The molecule has 0 N–H and O–H groups in total. The molecule has 0 saturated heterocycles. The summed E-state index contributed by atoms with van der Waals surface area (Å²) in [7, 11) is 0. The van der Waals surface area contributed by atoms with Crippen LogP contribution >= 0.6 is 35.0 Å². The lowest BCUT2D eigenvalue weighted by atomic mass is 10.2. The molecule has 3 rings (SSSR count). The van der Waals surface area contributed by atoms with E-state index < -0.39 is 0 Å². The van der Waals surface area contributed by atoms with E-state index in [4.69, 9.17) is 23.2 Å². The first-order chi connectivity index (χ1) is 11.0. The summed E-state index contributed by atoms with van der Waals surface area (Å²) in [5.41, 5.74) is 2.45. The molecule has 0 amide bonds. The molecule has 6 heteroatoms. The third-order valence-corrected chi connectivity index (χ3v) is 5.21. The van der Waals surface area contributed by atoms with E-state index in [-0.39, 0.29) is 10.8 Å². The Bertz CT molecular complexity index is 893. The second-order valence-electron chi connectivity index (χ2n) is 5.17. The fourth-order valence-electron chi connectivity index (χ4n) is 2.24. The van der Waals surface area contributed by atoms with Crippen molar-refractivity contribution in [1.82, 2.24) is 9.38 Å². The van der Waals surface area contributed by atoms with Crippen LogP contribution in [0.2, 0.25) is 10.0 Å². The quantitative estimate of drug-likeness (QED) is 0.653. The van der Waals surface area contributed by atoms with Crippen molar-refractivity contribution < 1.29 is 0 Å². The predicted molar refractivity (Wildman–Crippen MR) is 97.6 cm³/mol. The van der Waals surface area contributed by atoms with Gasteiger partial charge in [-0.05, 0) is 36.8 Å². The summed E-state index contributed by atoms with van der Waals surface area (Å²) >= 11 is 13.6. The molecule has 0 fully saturated rings. The van der Waals surface area contributed by atoms with Gasteiger partial charge in [0.2, 0.25) is 0 Å². The summed E-state index contributed by atoms with van der Waals surface area (Å²) in [6.07, 6.45) is 1.58. The van der Waals surface area contributed by atoms with Crippen LogP contribution in [-0.4, -0.2) is 9.38 Å². The molecule has 1 unspecified atom stereocenters. The zero-order chi connectivity index (χ0) is 16.4. The molecule has 118 valence electrons. The molecule has 1 atom stereocenters. The molecule has 3 aromatic rings. The highest BCUT2D eigenvalue weighted by Gasteiger charge is 2.09. The number of halogens is 2. The van der Waals surface area contributed by atoms with Crippen LogP contribution in [0.3, 0.4) is 0 Å². The van der Waals surface area contributed by atoms with Crippen molar-refractivity contribution in [2.45, 2.75) is 17.9 Å². The highest BCUT2D eigenvalue weighted by Crippen LogP contribution is 2.31. The maximum atomic E-state index is 12.1. The molecule has 0 spiro atoms. The lowest BCUT2D eigenvalue weighted by molar-refractivity contribution is 1.01. The average molecular weight is 365 g/mol. The molecule has 0 bridgehead atoms. The van der Waals surface area contributed by atoms with Crippen LogP contribution in [0.15, 0.2) is 53.5 Å². The van der Waals surface area contributed by atoms with Gasteiger partial charge in [0.15, 0.2) is 0 Å². The van der Waals surface area contributed by atoms with Crippen molar-refractivity contribution in [3.05, 3.63) is 80.3 Å². The van der Waals surface area contributed by atoms with Gasteiger partial charge in [0, 0.05) is 28.3 Å². The molecule has 0 saturated carbocycles. The molecule has 0 radical (unpaired) electrons. The number of hydrogen-bond acceptors (Lipinski definition) is 3. The second kappa shape index (κ2) is 6.95. The van der Waals surface area contributed by atoms with Crippen molar-refractivity contribution in [2.75, 3.05) is 0 Å². The smallest absolute Gasteiger partial charge is 0.258 e. The first-order valence-corrected chi connectivity index (χ1v) is 8.88. The Morgan fingerprint density at radius 1 is 1.13 bits per heavy atom. The maximum absolute atomic E-state index is 12.1. The van der Waals surface area contributed by atoms with Crippen molar-refractivity contribution >= 4 is 40.6 Å². The molecule has 1 aromatic carbocycles. The van der Waals surface area contributed by atoms with Crippen LogP contribution in [0.4, 0.5) is 0 Å². The van der Waals surface area contributed by atoms with Gasteiger partial charge in [-0.25, -0.2) is 4.98 Å². The Balaban J connectivity index is 1.78. The Morgan fingerprint density at radius 2 is 1.83 bits per heavy atom. The summed E-state index contributed by atoms with van der Waals surface area (Å²) in [4.78, 5) is 16.7. The monoisotopic (exact) mass is 364 g/mol. The lowest BCUT2D eigenvalue weighted by Crippen LogP contribution is -2.15. The topological polar surface area (TPSA) is 34.4 Å². The molecule has 23 heavy (non-hydrogen) atoms.